The number of carbonyl (C=O) groups is 2. The van der Waals surface area contributed by atoms with Gasteiger partial charge in [-0.15, -0.1) is 11.3 Å². The van der Waals surface area contributed by atoms with Gasteiger partial charge in [-0.05, 0) is 41.8 Å². The Bertz CT molecular complexity index is 799. The number of benzene rings is 1. The second-order valence-corrected chi connectivity index (χ2v) is 7.31. The quantitative estimate of drug-likeness (QED) is 0.842. The molecule has 1 aliphatic heterocycles. The molecule has 1 unspecified atom stereocenters. The van der Waals surface area contributed by atoms with Gasteiger partial charge in [0.25, 0.3) is 5.91 Å². The van der Waals surface area contributed by atoms with Gasteiger partial charge >= 0.3 is 6.03 Å². The molecule has 1 aromatic carbocycles. The maximum Gasteiger partial charge on any atom is 0.325 e. The molecule has 2 aromatic rings. The number of aliphatic hydroxyl groups is 1. The van der Waals surface area contributed by atoms with E-state index in [4.69, 9.17) is 5.11 Å². The highest BCUT2D eigenvalue weighted by Gasteiger charge is 2.54. The third-order valence-corrected chi connectivity index (χ3v) is 5.86. The van der Waals surface area contributed by atoms with Crippen LogP contribution in [0.25, 0.3) is 0 Å². The predicted molar refractivity (Wildman–Crippen MR) is 90.4 cm³/mol. The molecule has 2 N–H and O–H groups in total. The first kappa shape index (κ1) is 15.4. The number of amides is 3. The van der Waals surface area contributed by atoms with Crippen molar-refractivity contribution in [1.82, 2.24) is 10.2 Å². The zero-order valence-electron chi connectivity index (χ0n) is 13.1. The topological polar surface area (TPSA) is 69.6 Å². The minimum Gasteiger partial charge on any atom is -0.392 e. The number of hydrogen-bond acceptors (Lipinski definition) is 4. The van der Waals surface area contributed by atoms with Crippen LogP contribution < -0.4 is 5.32 Å². The molecule has 1 aromatic heterocycles. The lowest BCUT2D eigenvalue weighted by Gasteiger charge is -2.31. The molecule has 1 aliphatic carbocycles. The van der Waals surface area contributed by atoms with Crippen molar-refractivity contribution < 1.29 is 14.7 Å². The molecule has 6 heteroatoms. The molecule has 1 saturated heterocycles. The summed E-state index contributed by atoms with van der Waals surface area (Å²) in [5.41, 5.74) is 1.77. The lowest BCUT2D eigenvalue weighted by Crippen LogP contribution is -2.46. The number of aryl methyl sites for hydroxylation is 1. The fourth-order valence-corrected chi connectivity index (χ4v) is 4.62. The first-order valence-electron chi connectivity index (χ1n) is 8.04. The summed E-state index contributed by atoms with van der Waals surface area (Å²) >= 11 is 1.65. The average Bonchev–Trinajstić information content (AvgIpc) is 3.16. The maximum atomic E-state index is 13.1. The Hall–Kier alpha value is -2.18. The molecule has 0 radical (unpaired) electrons. The largest absolute Gasteiger partial charge is 0.392 e. The fourth-order valence-electron chi connectivity index (χ4n) is 3.62. The van der Waals surface area contributed by atoms with Crippen molar-refractivity contribution in [1.29, 1.82) is 0 Å². The Morgan fingerprint density at radius 1 is 1.17 bits per heavy atom. The second-order valence-electron chi connectivity index (χ2n) is 6.31. The number of imide groups is 1. The van der Waals surface area contributed by atoms with E-state index in [1.165, 1.54) is 9.78 Å². The van der Waals surface area contributed by atoms with E-state index in [9.17, 15) is 9.59 Å². The van der Waals surface area contributed by atoms with E-state index in [-0.39, 0.29) is 25.1 Å². The Morgan fingerprint density at radius 3 is 2.67 bits per heavy atom. The summed E-state index contributed by atoms with van der Waals surface area (Å²) in [6.45, 7) is 0.227. The molecule has 5 nitrogen and oxygen atoms in total. The second kappa shape index (κ2) is 5.72. The molecule has 2 heterocycles. The molecule has 124 valence electrons. The smallest absolute Gasteiger partial charge is 0.325 e. The number of aliphatic hydroxyl groups excluding tert-OH is 1. The number of fused-ring (bicyclic) bond motifs is 2. The summed E-state index contributed by atoms with van der Waals surface area (Å²) in [7, 11) is 0. The average molecular weight is 342 g/mol. The van der Waals surface area contributed by atoms with E-state index in [1.807, 2.05) is 23.6 Å². The Balaban J connectivity index is 1.63. The Labute approximate surface area is 143 Å². The van der Waals surface area contributed by atoms with Gasteiger partial charge in [0.05, 0.1) is 13.2 Å². The van der Waals surface area contributed by atoms with E-state index in [0.717, 1.165) is 29.5 Å². The molecular weight excluding hydrogens is 324 g/mol. The minimum absolute atomic E-state index is 0.0204. The molecule has 1 atom stereocenters. The van der Waals surface area contributed by atoms with Crippen LogP contribution in [0.5, 0.6) is 0 Å². The third-order valence-electron chi connectivity index (χ3n) is 4.88. The van der Waals surface area contributed by atoms with Gasteiger partial charge in [-0.25, -0.2) is 4.79 Å². The van der Waals surface area contributed by atoms with Crippen molar-refractivity contribution in [3.8, 4) is 0 Å². The number of carbonyl (C=O) groups excluding carboxylic acids is 2. The Morgan fingerprint density at radius 2 is 1.92 bits per heavy atom. The fraction of sp³-hybridized carbons (Fsp3) is 0.333. The van der Waals surface area contributed by atoms with Crippen LogP contribution in [0.3, 0.4) is 0 Å². The zero-order valence-corrected chi connectivity index (χ0v) is 13.9. The van der Waals surface area contributed by atoms with Crippen molar-refractivity contribution in [3.05, 3.63) is 57.3 Å². The van der Waals surface area contributed by atoms with E-state index in [1.54, 1.807) is 23.5 Å². The molecule has 0 saturated carbocycles. The van der Waals surface area contributed by atoms with Crippen LogP contribution in [0.2, 0.25) is 0 Å². The Kier molecular flexibility index (Phi) is 3.66. The highest BCUT2D eigenvalue weighted by atomic mass is 32.1. The molecule has 1 spiro atoms. The van der Waals surface area contributed by atoms with Gasteiger partial charge in [-0.2, -0.15) is 0 Å². The van der Waals surface area contributed by atoms with Crippen LogP contribution in [0, 0.1) is 0 Å². The monoisotopic (exact) mass is 342 g/mol. The normalized spacial score (nSPS) is 22.8. The summed E-state index contributed by atoms with van der Waals surface area (Å²) in [4.78, 5) is 28.1. The van der Waals surface area contributed by atoms with E-state index >= 15 is 0 Å². The first-order valence-corrected chi connectivity index (χ1v) is 8.91. The number of hydrogen-bond donors (Lipinski definition) is 2. The van der Waals surface area contributed by atoms with Crippen molar-refractivity contribution >= 4 is 23.3 Å². The molecule has 4 rings (SSSR count). The van der Waals surface area contributed by atoms with Crippen molar-refractivity contribution in [2.24, 2.45) is 0 Å². The van der Waals surface area contributed by atoms with Gasteiger partial charge in [-0.1, -0.05) is 24.3 Å². The number of thiophene rings is 1. The predicted octanol–water partition coefficient (Wildman–Crippen LogP) is 2.52. The van der Waals surface area contributed by atoms with Crippen LogP contribution in [0.4, 0.5) is 4.79 Å². The molecule has 2 aliphatic rings. The molecule has 1 fully saturated rings. The third kappa shape index (κ3) is 2.25. The highest BCUT2D eigenvalue weighted by Crippen LogP contribution is 2.42. The highest BCUT2D eigenvalue weighted by molar-refractivity contribution is 7.10. The number of urea groups is 1. The van der Waals surface area contributed by atoms with Crippen LogP contribution in [0.1, 0.15) is 34.4 Å². The summed E-state index contributed by atoms with van der Waals surface area (Å²) in [6, 6.07) is 8.94. The van der Waals surface area contributed by atoms with Crippen molar-refractivity contribution in [2.45, 2.75) is 38.0 Å². The van der Waals surface area contributed by atoms with Crippen molar-refractivity contribution in [2.75, 3.05) is 0 Å². The summed E-state index contributed by atoms with van der Waals surface area (Å²) in [5.74, 6) is -0.155. The number of nitrogens with one attached hydrogen (secondary N) is 1. The standard InChI is InChI=1S/C18H18N2O3S/c21-11-13-5-3-12(4-6-13)10-20-16(22)18(19-17(20)23)8-1-2-15-14(18)7-9-24-15/h3-7,9,21H,1-2,8,10-11H2,(H,19,23). The van der Waals surface area contributed by atoms with Crippen molar-refractivity contribution in [3.63, 3.8) is 0 Å². The summed E-state index contributed by atoms with van der Waals surface area (Å²) in [5, 5.41) is 14.1. The zero-order chi connectivity index (χ0) is 16.7. The van der Waals surface area contributed by atoms with Gasteiger partial charge < -0.3 is 10.4 Å². The van der Waals surface area contributed by atoms with Gasteiger partial charge in [0.15, 0.2) is 0 Å². The summed E-state index contributed by atoms with van der Waals surface area (Å²) < 4.78 is 0. The van der Waals surface area contributed by atoms with Gasteiger partial charge in [0.1, 0.15) is 5.54 Å². The molecule has 0 bridgehead atoms. The molecule has 3 amide bonds. The molecule has 24 heavy (non-hydrogen) atoms. The van der Waals surface area contributed by atoms with Crippen LogP contribution in [0.15, 0.2) is 35.7 Å². The SMILES string of the molecule is O=C1NC2(CCCc3sccc32)C(=O)N1Cc1ccc(CO)cc1. The lowest BCUT2D eigenvalue weighted by atomic mass is 9.80. The summed E-state index contributed by atoms with van der Waals surface area (Å²) in [6.07, 6.45) is 2.53. The van der Waals surface area contributed by atoms with Crippen LogP contribution >= 0.6 is 11.3 Å². The van der Waals surface area contributed by atoms with Gasteiger partial charge in [0.2, 0.25) is 0 Å². The van der Waals surface area contributed by atoms with E-state index in [0.29, 0.717) is 6.42 Å². The van der Waals surface area contributed by atoms with Crippen LogP contribution in [-0.2, 0) is 29.9 Å². The van der Waals surface area contributed by atoms with E-state index < -0.39 is 5.54 Å². The van der Waals surface area contributed by atoms with Gasteiger partial charge in [-0.3, -0.25) is 9.69 Å². The first-order chi connectivity index (χ1) is 11.6. The van der Waals surface area contributed by atoms with E-state index in [2.05, 4.69) is 5.32 Å². The number of nitrogens with zero attached hydrogens (tertiary/aromatic N) is 1. The maximum absolute atomic E-state index is 13.1. The molecular formula is C18H18N2O3S. The minimum atomic E-state index is -0.879. The number of rotatable bonds is 3. The van der Waals surface area contributed by atoms with Crippen LogP contribution in [-0.4, -0.2) is 21.9 Å². The lowest BCUT2D eigenvalue weighted by molar-refractivity contribution is -0.132. The van der Waals surface area contributed by atoms with Gasteiger partial charge in [0, 0.05) is 10.4 Å².